The Bertz CT molecular complexity index is 541. The smallest absolute Gasteiger partial charge is 0.131 e. The lowest BCUT2D eigenvalue weighted by atomic mass is 10.0. The van der Waals surface area contributed by atoms with Crippen molar-refractivity contribution in [2.75, 3.05) is 0 Å². The Labute approximate surface area is 107 Å². The minimum atomic E-state index is -0.141. The van der Waals surface area contributed by atoms with Crippen LogP contribution in [0, 0.1) is 20.8 Å². The summed E-state index contributed by atoms with van der Waals surface area (Å²) in [5.41, 5.74) is 5.05. The van der Waals surface area contributed by atoms with Crippen LogP contribution in [0.15, 0.2) is 16.8 Å². The van der Waals surface area contributed by atoms with Gasteiger partial charge in [0.15, 0.2) is 0 Å². The summed E-state index contributed by atoms with van der Waals surface area (Å²) < 4.78 is 7.74. The first-order chi connectivity index (χ1) is 8.60. The standard InChI is InChI=1S/C13H20N4O/c1-5-17-7-6-15-13(17)12(16-14)11-8(2)9(3)18-10(11)4/h6-7,12,16H,5,14H2,1-4H3. The highest BCUT2D eigenvalue weighted by molar-refractivity contribution is 5.37. The van der Waals surface area contributed by atoms with Gasteiger partial charge in [-0.3, -0.25) is 5.84 Å². The third kappa shape index (κ3) is 1.95. The van der Waals surface area contributed by atoms with Crippen molar-refractivity contribution in [2.45, 2.75) is 40.3 Å². The molecule has 0 fully saturated rings. The number of nitrogens with two attached hydrogens (primary N) is 1. The number of aryl methyl sites for hydroxylation is 3. The molecule has 1 unspecified atom stereocenters. The van der Waals surface area contributed by atoms with Crippen LogP contribution in [0.1, 0.15) is 41.4 Å². The summed E-state index contributed by atoms with van der Waals surface area (Å²) in [7, 11) is 0. The summed E-state index contributed by atoms with van der Waals surface area (Å²) >= 11 is 0. The predicted octanol–water partition coefficient (Wildman–Crippen LogP) is 1.97. The van der Waals surface area contributed by atoms with E-state index in [2.05, 4.69) is 21.9 Å². The maximum Gasteiger partial charge on any atom is 0.131 e. The van der Waals surface area contributed by atoms with Gasteiger partial charge in [-0.1, -0.05) is 0 Å². The van der Waals surface area contributed by atoms with Gasteiger partial charge in [-0.25, -0.2) is 10.4 Å². The van der Waals surface area contributed by atoms with E-state index in [1.165, 1.54) is 0 Å². The van der Waals surface area contributed by atoms with E-state index >= 15 is 0 Å². The van der Waals surface area contributed by atoms with Gasteiger partial charge >= 0.3 is 0 Å². The Morgan fingerprint density at radius 1 is 1.39 bits per heavy atom. The highest BCUT2D eigenvalue weighted by Crippen LogP contribution is 2.30. The summed E-state index contributed by atoms with van der Waals surface area (Å²) in [5, 5.41) is 0. The van der Waals surface area contributed by atoms with Gasteiger partial charge in [-0.2, -0.15) is 0 Å². The molecule has 18 heavy (non-hydrogen) atoms. The zero-order chi connectivity index (χ0) is 13.3. The van der Waals surface area contributed by atoms with Crippen molar-refractivity contribution in [1.29, 1.82) is 0 Å². The van der Waals surface area contributed by atoms with E-state index in [9.17, 15) is 0 Å². The first-order valence-electron chi connectivity index (χ1n) is 6.13. The van der Waals surface area contributed by atoms with Crippen molar-refractivity contribution >= 4 is 0 Å². The molecular weight excluding hydrogens is 228 g/mol. The number of furan rings is 1. The minimum absolute atomic E-state index is 0.141. The molecule has 2 rings (SSSR count). The van der Waals surface area contributed by atoms with E-state index in [0.29, 0.717) is 0 Å². The molecule has 2 aromatic heterocycles. The molecule has 0 spiro atoms. The molecule has 2 heterocycles. The van der Waals surface area contributed by atoms with Crippen LogP contribution in [0.4, 0.5) is 0 Å². The van der Waals surface area contributed by atoms with E-state index < -0.39 is 0 Å². The molecule has 0 radical (unpaired) electrons. The highest BCUT2D eigenvalue weighted by Gasteiger charge is 2.24. The SMILES string of the molecule is CCn1ccnc1C(NN)c1c(C)oc(C)c1C. The van der Waals surface area contributed by atoms with Crippen molar-refractivity contribution in [3.63, 3.8) is 0 Å². The average molecular weight is 248 g/mol. The van der Waals surface area contributed by atoms with Crippen molar-refractivity contribution in [2.24, 2.45) is 5.84 Å². The number of imidazole rings is 1. The van der Waals surface area contributed by atoms with Gasteiger partial charge in [0.2, 0.25) is 0 Å². The van der Waals surface area contributed by atoms with Crippen molar-refractivity contribution < 1.29 is 4.42 Å². The van der Waals surface area contributed by atoms with Crippen molar-refractivity contribution in [3.8, 4) is 0 Å². The molecule has 0 saturated carbocycles. The van der Waals surface area contributed by atoms with Crippen LogP contribution in [0.2, 0.25) is 0 Å². The van der Waals surface area contributed by atoms with Crippen LogP contribution in [0.3, 0.4) is 0 Å². The van der Waals surface area contributed by atoms with Gasteiger partial charge in [0, 0.05) is 24.5 Å². The van der Waals surface area contributed by atoms with Crippen LogP contribution < -0.4 is 11.3 Å². The predicted molar refractivity (Wildman–Crippen MR) is 70.0 cm³/mol. The Morgan fingerprint density at radius 3 is 2.61 bits per heavy atom. The quantitative estimate of drug-likeness (QED) is 0.641. The maximum atomic E-state index is 5.72. The number of hydrazine groups is 1. The first kappa shape index (κ1) is 12.9. The van der Waals surface area contributed by atoms with Crippen LogP contribution in [0.25, 0.3) is 0 Å². The molecule has 5 heteroatoms. The first-order valence-corrected chi connectivity index (χ1v) is 6.13. The number of hydrogen-bond donors (Lipinski definition) is 2. The fraction of sp³-hybridized carbons (Fsp3) is 0.462. The van der Waals surface area contributed by atoms with E-state index in [-0.39, 0.29) is 6.04 Å². The molecule has 0 aliphatic rings. The fourth-order valence-electron chi connectivity index (χ4n) is 2.37. The molecule has 3 N–H and O–H groups in total. The molecule has 1 atom stereocenters. The van der Waals surface area contributed by atoms with E-state index in [1.807, 2.05) is 27.0 Å². The summed E-state index contributed by atoms with van der Waals surface area (Å²) in [6, 6.07) is -0.141. The third-order valence-corrected chi connectivity index (χ3v) is 3.42. The summed E-state index contributed by atoms with van der Waals surface area (Å²) in [6.45, 7) is 8.91. The van der Waals surface area contributed by atoms with E-state index in [0.717, 1.165) is 35.0 Å². The fourth-order valence-corrected chi connectivity index (χ4v) is 2.37. The van der Waals surface area contributed by atoms with Gasteiger partial charge in [0.05, 0.1) is 0 Å². The van der Waals surface area contributed by atoms with Crippen LogP contribution >= 0.6 is 0 Å². The summed E-state index contributed by atoms with van der Waals surface area (Å²) in [5.74, 6) is 8.45. The molecule has 0 amide bonds. The van der Waals surface area contributed by atoms with Gasteiger partial charge < -0.3 is 8.98 Å². The Kier molecular flexibility index (Phi) is 3.54. The molecule has 0 bridgehead atoms. The summed E-state index contributed by atoms with van der Waals surface area (Å²) in [4.78, 5) is 4.40. The number of aromatic nitrogens is 2. The lowest BCUT2D eigenvalue weighted by Gasteiger charge is -2.17. The molecule has 0 aliphatic carbocycles. The summed E-state index contributed by atoms with van der Waals surface area (Å²) in [6.07, 6.45) is 3.75. The molecule has 0 aromatic carbocycles. The molecule has 5 nitrogen and oxygen atoms in total. The number of rotatable bonds is 4. The number of nitrogens with one attached hydrogen (secondary N) is 1. The molecular formula is C13H20N4O. The van der Waals surface area contributed by atoms with Crippen LogP contribution in [-0.2, 0) is 6.54 Å². The number of nitrogens with zero attached hydrogens (tertiary/aromatic N) is 2. The Morgan fingerprint density at radius 2 is 2.11 bits per heavy atom. The molecule has 0 saturated heterocycles. The van der Waals surface area contributed by atoms with Crippen molar-refractivity contribution in [3.05, 3.63) is 40.9 Å². The number of hydrogen-bond acceptors (Lipinski definition) is 4. The molecule has 98 valence electrons. The lowest BCUT2D eigenvalue weighted by Crippen LogP contribution is -2.31. The highest BCUT2D eigenvalue weighted by atomic mass is 16.3. The Hall–Kier alpha value is -1.59. The topological polar surface area (TPSA) is 69.0 Å². The minimum Gasteiger partial charge on any atom is -0.466 e. The van der Waals surface area contributed by atoms with E-state index in [1.54, 1.807) is 6.20 Å². The molecule has 0 aliphatic heterocycles. The van der Waals surface area contributed by atoms with E-state index in [4.69, 9.17) is 10.3 Å². The second kappa shape index (κ2) is 4.96. The second-order valence-electron chi connectivity index (χ2n) is 4.42. The van der Waals surface area contributed by atoms with Gasteiger partial charge in [-0.05, 0) is 33.3 Å². The van der Waals surface area contributed by atoms with Crippen LogP contribution in [0.5, 0.6) is 0 Å². The lowest BCUT2D eigenvalue weighted by molar-refractivity contribution is 0.488. The Balaban J connectivity index is 2.52. The normalized spacial score (nSPS) is 12.9. The largest absolute Gasteiger partial charge is 0.466 e. The maximum absolute atomic E-state index is 5.72. The monoisotopic (exact) mass is 248 g/mol. The van der Waals surface area contributed by atoms with Gasteiger partial charge in [0.1, 0.15) is 23.4 Å². The average Bonchev–Trinajstić information content (AvgIpc) is 2.90. The third-order valence-electron chi connectivity index (χ3n) is 3.42. The van der Waals surface area contributed by atoms with Crippen LogP contribution in [-0.4, -0.2) is 9.55 Å². The van der Waals surface area contributed by atoms with Crippen molar-refractivity contribution in [1.82, 2.24) is 15.0 Å². The van der Waals surface area contributed by atoms with Gasteiger partial charge in [-0.15, -0.1) is 0 Å². The zero-order valence-electron chi connectivity index (χ0n) is 11.3. The zero-order valence-corrected chi connectivity index (χ0v) is 11.3. The molecule has 2 aromatic rings. The second-order valence-corrected chi connectivity index (χ2v) is 4.42. The van der Waals surface area contributed by atoms with Gasteiger partial charge in [0.25, 0.3) is 0 Å².